The number of ether oxygens (including phenoxy) is 4. The molecule has 2 N–H and O–H groups in total. The van der Waals surface area contributed by atoms with Crippen LogP contribution < -0.4 is 9.47 Å². The Hall–Kier alpha value is -2.89. The summed E-state index contributed by atoms with van der Waals surface area (Å²) in [4.78, 5) is 28.1. The van der Waals surface area contributed by atoms with Crippen LogP contribution in [0.3, 0.4) is 0 Å². The Balaban J connectivity index is 1.24. The Morgan fingerprint density at radius 3 is 1.66 bits per heavy atom. The van der Waals surface area contributed by atoms with Crippen molar-refractivity contribution in [3.05, 3.63) is 47.0 Å². The number of hydrogen-bond donors (Lipinski definition) is 2. The highest BCUT2D eigenvalue weighted by molar-refractivity contribution is 6.34. The number of piperidine rings is 2. The van der Waals surface area contributed by atoms with Crippen LogP contribution in [0.2, 0.25) is 5.02 Å². The maximum Gasteiger partial charge on any atom is 0.337 e. The first-order valence-electron chi connectivity index (χ1n) is 15.3. The van der Waals surface area contributed by atoms with Crippen LogP contribution in [0.15, 0.2) is 36.4 Å². The smallest absolute Gasteiger partial charge is 0.337 e. The number of rotatable bonds is 13. The number of nitrogens with zero attached hydrogens (tertiary/aromatic N) is 2. The normalized spacial score (nSPS) is 18.4. The topological polar surface area (TPSA) is 118 Å². The maximum absolute atomic E-state index is 11.8. The molecule has 2 aromatic rings. The molecule has 11 heteroatoms. The molecule has 2 fully saturated rings. The summed E-state index contributed by atoms with van der Waals surface area (Å²) < 4.78 is 21.7. The molecule has 0 spiro atoms. The fourth-order valence-electron chi connectivity index (χ4n) is 5.91. The van der Waals surface area contributed by atoms with Crippen LogP contribution in [-0.4, -0.2) is 110 Å². The molecule has 44 heavy (non-hydrogen) atoms. The monoisotopic (exact) mass is 632 g/mol. The van der Waals surface area contributed by atoms with Crippen molar-refractivity contribution >= 4 is 23.5 Å². The number of likely N-dealkylation sites (tertiary alicyclic amines) is 2. The molecule has 2 aliphatic heterocycles. The fraction of sp³-hybridized carbons (Fsp3) is 0.576. The third kappa shape index (κ3) is 8.22. The summed E-state index contributed by atoms with van der Waals surface area (Å²) in [6.07, 6.45) is 3.05. The van der Waals surface area contributed by atoms with E-state index in [1.807, 2.05) is 43.3 Å². The number of carbonyl (C=O) groups is 2. The molecule has 0 saturated carbocycles. The number of hydrogen-bond acceptors (Lipinski definition) is 10. The minimum atomic E-state index is -1.38. The lowest BCUT2D eigenvalue weighted by molar-refractivity contribution is -0.167. The van der Waals surface area contributed by atoms with E-state index in [-0.39, 0.29) is 0 Å². The molecule has 10 nitrogen and oxygen atoms in total. The van der Waals surface area contributed by atoms with E-state index < -0.39 is 23.1 Å². The van der Waals surface area contributed by atoms with Crippen molar-refractivity contribution in [3.8, 4) is 22.6 Å². The number of aliphatic hydroxyl groups is 2. The highest BCUT2D eigenvalue weighted by atomic mass is 35.5. The predicted molar refractivity (Wildman–Crippen MR) is 167 cm³/mol. The van der Waals surface area contributed by atoms with Gasteiger partial charge in [-0.15, -0.1) is 0 Å². The highest BCUT2D eigenvalue weighted by Crippen LogP contribution is 2.39. The van der Waals surface area contributed by atoms with E-state index in [4.69, 9.17) is 30.5 Å². The number of carbonyl (C=O) groups excluding carboxylic acids is 2. The van der Waals surface area contributed by atoms with Gasteiger partial charge in [0.05, 0.1) is 32.5 Å². The van der Waals surface area contributed by atoms with Crippen LogP contribution in [0.25, 0.3) is 11.1 Å². The van der Waals surface area contributed by atoms with E-state index in [2.05, 4.69) is 9.80 Å². The quantitative estimate of drug-likeness (QED) is 0.249. The van der Waals surface area contributed by atoms with Gasteiger partial charge in [0.1, 0.15) is 11.5 Å². The average molecular weight is 633 g/mol. The molecule has 0 aliphatic carbocycles. The molecule has 2 heterocycles. The second-order valence-electron chi connectivity index (χ2n) is 11.7. The Morgan fingerprint density at radius 2 is 1.18 bits per heavy atom. The Kier molecular flexibility index (Phi) is 11.9. The lowest BCUT2D eigenvalue weighted by Crippen LogP contribution is -2.50. The van der Waals surface area contributed by atoms with Crippen molar-refractivity contribution in [2.24, 2.45) is 0 Å². The van der Waals surface area contributed by atoms with Crippen molar-refractivity contribution in [2.75, 3.05) is 66.7 Å². The van der Waals surface area contributed by atoms with E-state index in [1.165, 1.54) is 14.2 Å². The average Bonchev–Trinajstić information content (AvgIpc) is 3.04. The van der Waals surface area contributed by atoms with Gasteiger partial charge in [-0.3, -0.25) is 0 Å². The van der Waals surface area contributed by atoms with Crippen LogP contribution in [0.1, 0.15) is 44.1 Å². The zero-order chi connectivity index (χ0) is 31.7. The van der Waals surface area contributed by atoms with E-state index in [0.29, 0.717) is 75.8 Å². The molecule has 0 bridgehead atoms. The van der Waals surface area contributed by atoms with Gasteiger partial charge in [0.25, 0.3) is 0 Å². The second kappa shape index (κ2) is 15.4. The maximum atomic E-state index is 11.8. The van der Waals surface area contributed by atoms with E-state index >= 15 is 0 Å². The Morgan fingerprint density at radius 1 is 0.750 bits per heavy atom. The van der Waals surface area contributed by atoms with Crippen LogP contribution in [0, 0.1) is 6.92 Å². The lowest BCUT2D eigenvalue weighted by Gasteiger charge is -2.36. The summed E-state index contributed by atoms with van der Waals surface area (Å²) in [5.41, 5.74) is 0.0791. The highest BCUT2D eigenvalue weighted by Gasteiger charge is 2.41. The van der Waals surface area contributed by atoms with Crippen molar-refractivity contribution in [2.45, 2.75) is 56.7 Å². The molecule has 242 valence electrons. The van der Waals surface area contributed by atoms with Crippen molar-refractivity contribution in [3.63, 3.8) is 0 Å². The van der Waals surface area contributed by atoms with Gasteiger partial charge >= 0.3 is 11.9 Å². The van der Waals surface area contributed by atoms with Gasteiger partial charge in [0.15, 0.2) is 11.2 Å². The predicted octanol–water partition coefficient (Wildman–Crippen LogP) is 3.85. The Labute approximate surface area is 264 Å². The molecule has 0 radical (unpaired) electrons. The van der Waals surface area contributed by atoms with Gasteiger partial charge in [-0.1, -0.05) is 35.9 Å². The fourth-order valence-corrected chi connectivity index (χ4v) is 6.20. The molecular formula is C33H45ClN2O8. The zero-order valence-electron chi connectivity index (χ0n) is 26.0. The molecule has 4 rings (SSSR count). The lowest BCUT2D eigenvalue weighted by atomic mass is 9.91. The molecule has 0 unspecified atom stereocenters. The third-order valence-electron chi connectivity index (χ3n) is 8.79. The molecule has 2 aromatic carbocycles. The summed E-state index contributed by atoms with van der Waals surface area (Å²) in [6.45, 7) is 7.17. The molecule has 2 saturated heterocycles. The largest absolute Gasteiger partial charge is 0.493 e. The van der Waals surface area contributed by atoms with Gasteiger partial charge in [-0.2, -0.15) is 0 Å². The van der Waals surface area contributed by atoms with Gasteiger partial charge in [-0.05, 0) is 68.7 Å². The summed E-state index contributed by atoms with van der Waals surface area (Å²) in [6, 6.07) is 11.7. The number of benzene rings is 2. The standard InChI is InChI=1S/C33H45ClN2O8/c1-24-25(8-4-10-27(24)43-22-6-16-35-18-12-32(39,13-19-35)30(37)41-2)26-9-5-11-28(29(26)34)44-23-7-17-36-20-14-33(40,15-21-36)31(38)42-3/h4-5,8-11,39-40H,6-7,12-23H2,1-3H3. The first-order chi connectivity index (χ1) is 21.1. The number of methoxy groups -OCH3 is 2. The molecule has 0 aromatic heterocycles. The van der Waals surface area contributed by atoms with E-state index in [0.717, 1.165) is 48.4 Å². The minimum absolute atomic E-state index is 0.360. The number of esters is 2. The van der Waals surface area contributed by atoms with E-state index in [9.17, 15) is 19.8 Å². The third-order valence-corrected chi connectivity index (χ3v) is 9.18. The first kappa shape index (κ1) is 34.0. The van der Waals surface area contributed by atoms with Crippen LogP contribution in [-0.2, 0) is 19.1 Å². The zero-order valence-corrected chi connectivity index (χ0v) is 26.7. The number of halogens is 1. The summed E-state index contributed by atoms with van der Waals surface area (Å²) in [7, 11) is 2.60. The van der Waals surface area contributed by atoms with Crippen molar-refractivity contribution < 1.29 is 38.7 Å². The minimum Gasteiger partial charge on any atom is -0.493 e. The van der Waals surface area contributed by atoms with Crippen LogP contribution in [0.4, 0.5) is 0 Å². The van der Waals surface area contributed by atoms with Gasteiger partial charge in [-0.25, -0.2) is 9.59 Å². The second-order valence-corrected chi connectivity index (χ2v) is 12.1. The summed E-state index contributed by atoms with van der Waals surface area (Å²) in [5, 5.41) is 21.4. The summed E-state index contributed by atoms with van der Waals surface area (Å²) in [5.74, 6) is 0.300. The van der Waals surface area contributed by atoms with Crippen molar-refractivity contribution in [1.29, 1.82) is 0 Å². The van der Waals surface area contributed by atoms with Crippen LogP contribution >= 0.6 is 11.6 Å². The molecule has 2 aliphatic rings. The first-order valence-corrected chi connectivity index (χ1v) is 15.7. The van der Waals surface area contributed by atoms with Gasteiger partial charge in [0, 0.05) is 44.8 Å². The molecule has 0 atom stereocenters. The molecular weight excluding hydrogens is 588 g/mol. The molecule has 0 amide bonds. The van der Waals surface area contributed by atoms with E-state index in [1.54, 1.807) is 0 Å². The summed E-state index contributed by atoms with van der Waals surface area (Å²) >= 11 is 6.83. The Bertz CT molecular complexity index is 1170. The van der Waals surface area contributed by atoms with Crippen LogP contribution in [0.5, 0.6) is 11.5 Å². The van der Waals surface area contributed by atoms with Gasteiger partial charge in [0.2, 0.25) is 0 Å². The SMILES string of the molecule is COC(=O)C1(O)CCN(CCCOc2cccc(-c3cccc(OCCCN4CCC(O)(C(=O)OC)CC4)c3Cl)c2C)CC1. The van der Waals surface area contributed by atoms with Crippen molar-refractivity contribution in [1.82, 2.24) is 9.80 Å². The van der Waals surface area contributed by atoms with Gasteiger partial charge < -0.3 is 39.0 Å².